The fraction of sp³-hybridized carbons (Fsp3) is 0.378. The number of unbranched alkanes of at least 4 members (excludes halogenated alkanes) is 2. The van der Waals surface area contributed by atoms with Gasteiger partial charge in [0.25, 0.3) is 5.91 Å². The van der Waals surface area contributed by atoms with Gasteiger partial charge in [0.2, 0.25) is 5.91 Å². The van der Waals surface area contributed by atoms with E-state index < -0.39 is 6.04 Å². The first-order valence-electron chi connectivity index (χ1n) is 19.4. The summed E-state index contributed by atoms with van der Waals surface area (Å²) < 4.78 is 0. The van der Waals surface area contributed by atoms with Gasteiger partial charge in [-0.25, -0.2) is 0 Å². The van der Waals surface area contributed by atoms with Crippen LogP contribution >= 0.6 is 11.8 Å². The number of fused-ring (bicyclic) bond motifs is 2. The van der Waals surface area contributed by atoms with Crippen LogP contribution in [0.2, 0.25) is 0 Å². The number of phenolic OH excluding ortho intramolecular Hbond substituents is 1. The van der Waals surface area contributed by atoms with E-state index in [1.165, 1.54) is 52.1 Å². The zero-order valence-electron chi connectivity index (χ0n) is 30.5. The monoisotopic (exact) mass is 726 g/mol. The molecule has 0 saturated carbocycles. The maximum Gasteiger partial charge on any atom is 0.255 e. The van der Waals surface area contributed by atoms with Crippen LogP contribution in [0.25, 0.3) is 0 Å². The van der Waals surface area contributed by atoms with Crippen molar-refractivity contribution >= 4 is 29.3 Å². The molecule has 2 N–H and O–H groups in total. The summed E-state index contributed by atoms with van der Waals surface area (Å²) >= 11 is 1.96. The van der Waals surface area contributed by atoms with Gasteiger partial charge in [-0.1, -0.05) is 61.5 Å². The molecule has 1 unspecified atom stereocenters. The highest BCUT2D eigenvalue weighted by Crippen LogP contribution is 2.47. The summed E-state index contributed by atoms with van der Waals surface area (Å²) in [5, 5.41) is 13.0. The van der Waals surface area contributed by atoms with Crippen LogP contribution in [0.3, 0.4) is 0 Å². The third-order valence-electron chi connectivity index (χ3n) is 11.8. The number of aromatic hydroxyl groups is 1. The molecule has 4 aromatic rings. The van der Waals surface area contributed by atoms with Crippen molar-refractivity contribution < 1.29 is 14.7 Å². The van der Waals surface area contributed by atoms with Crippen LogP contribution in [0.5, 0.6) is 5.75 Å². The first-order valence-corrected chi connectivity index (χ1v) is 20.4. The second-order valence-electron chi connectivity index (χ2n) is 15.1. The first-order chi connectivity index (χ1) is 25.9. The van der Waals surface area contributed by atoms with E-state index in [1.807, 2.05) is 30.0 Å². The zero-order chi connectivity index (χ0) is 36.3. The van der Waals surface area contributed by atoms with Gasteiger partial charge in [0.15, 0.2) is 0 Å². The highest BCUT2D eigenvalue weighted by atomic mass is 32.2. The van der Waals surface area contributed by atoms with E-state index in [1.54, 1.807) is 4.90 Å². The number of aryl methyl sites for hydroxylation is 1. The van der Waals surface area contributed by atoms with Crippen molar-refractivity contribution in [2.45, 2.75) is 74.3 Å². The Balaban J connectivity index is 0.774. The summed E-state index contributed by atoms with van der Waals surface area (Å²) in [6, 6.07) is 31.9. The number of allylic oxidation sites excluding steroid dienone is 1. The number of carbonyl (C=O) groups excluding carboxylic acids is 2. The number of hydrogen-bond acceptors (Lipinski definition) is 6. The second kappa shape index (κ2) is 15.8. The molecule has 2 amide bonds. The Hall–Kier alpha value is -4.53. The third kappa shape index (κ3) is 7.76. The molecule has 274 valence electrons. The van der Waals surface area contributed by atoms with E-state index in [0.717, 1.165) is 68.1 Å². The topological polar surface area (TPSA) is 76.1 Å². The Kier molecular flexibility index (Phi) is 10.6. The summed E-state index contributed by atoms with van der Waals surface area (Å²) in [6.45, 7) is 9.56. The minimum atomic E-state index is -0.422. The lowest BCUT2D eigenvalue weighted by molar-refractivity contribution is -0.126. The van der Waals surface area contributed by atoms with Gasteiger partial charge in [0.05, 0.1) is 0 Å². The third-order valence-corrected chi connectivity index (χ3v) is 12.9. The largest absolute Gasteiger partial charge is 0.508 e. The number of piperazine rings is 1. The Morgan fingerprint density at radius 3 is 2.40 bits per heavy atom. The molecule has 4 aromatic carbocycles. The molecule has 7 nitrogen and oxygen atoms in total. The Morgan fingerprint density at radius 2 is 1.60 bits per heavy atom. The van der Waals surface area contributed by atoms with Crippen molar-refractivity contribution in [3.8, 4) is 5.75 Å². The maximum absolute atomic E-state index is 13.1. The predicted molar refractivity (Wildman–Crippen MR) is 214 cm³/mol. The summed E-state index contributed by atoms with van der Waals surface area (Å²) in [7, 11) is 0. The SMILES string of the molecule is C=C1CCC(N2Cc3cc(N4CCN(CCCCCSc5ccc([C@H]6c7ccc(O)cc7CC[C@H]6c6ccccc6)cc5)CC4)ccc3C2=O)C(=O)N1. The standard InChI is InChI=1S/C45H50N4O3S/c1-31-10-21-42(44(51)46-31)49-30-35-28-36(14-19-41(35)45(49)52)48-25-23-47(24-26-48)22-6-3-7-27-53-38-16-11-33(12-17-38)43-39(32-8-4-2-5-9-32)18-13-34-29-37(50)15-20-40(34)43/h2,4-5,8-9,11-12,14-17,19-20,28-29,39,42-43,50H,1,3,6-7,10,13,18,21-27,30H2,(H,46,51)/t39-,42?,43+/m0/s1. The molecule has 1 aliphatic carbocycles. The van der Waals surface area contributed by atoms with Gasteiger partial charge >= 0.3 is 0 Å². The van der Waals surface area contributed by atoms with Gasteiger partial charge in [-0.3, -0.25) is 14.5 Å². The number of carbonyl (C=O) groups is 2. The number of thioether (sulfide) groups is 1. The fourth-order valence-electron chi connectivity index (χ4n) is 8.92. The summed E-state index contributed by atoms with van der Waals surface area (Å²) in [5.41, 5.74) is 9.01. The number of amides is 2. The van der Waals surface area contributed by atoms with E-state index in [9.17, 15) is 14.7 Å². The number of hydrogen-bond donors (Lipinski definition) is 2. The minimum absolute atomic E-state index is 0.0400. The van der Waals surface area contributed by atoms with Crippen LogP contribution in [0, 0.1) is 0 Å². The molecule has 2 fully saturated rings. The van der Waals surface area contributed by atoms with Crippen LogP contribution in [0.1, 0.15) is 88.5 Å². The number of piperidine rings is 1. The van der Waals surface area contributed by atoms with E-state index in [2.05, 4.69) is 94.5 Å². The summed E-state index contributed by atoms with van der Waals surface area (Å²) in [5.74, 6) is 2.03. The minimum Gasteiger partial charge on any atom is -0.508 e. The van der Waals surface area contributed by atoms with E-state index in [0.29, 0.717) is 31.1 Å². The number of benzene rings is 4. The van der Waals surface area contributed by atoms with Crippen LogP contribution < -0.4 is 10.2 Å². The Bertz CT molecular complexity index is 1960. The molecule has 0 radical (unpaired) electrons. The van der Waals surface area contributed by atoms with Crippen LogP contribution in [0.15, 0.2) is 108 Å². The quantitative estimate of drug-likeness (QED) is 0.120. The second-order valence-corrected chi connectivity index (χ2v) is 16.3. The van der Waals surface area contributed by atoms with E-state index in [4.69, 9.17) is 0 Å². The molecule has 0 aromatic heterocycles. The summed E-state index contributed by atoms with van der Waals surface area (Å²) in [6.07, 6.45) is 7.08. The van der Waals surface area contributed by atoms with E-state index in [-0.39, 0.29) is 17.7 Å². The highest BCUT2D eigenvalue weighted by Gasteiger charge is 2.38. The average Bonchev–Trinajstić information content (AvgIpc) is 3.51. The first kappa shape index (κ1) is 35.5. The number of nitrogens with one attached hydrogen (secondary N) is 1. The molecule has 3 aliphatic heterocycles. The smallest absolute Gasteiger partial charge is 0.255 e. The molecule has 2 saturated heterocycles. The number of rotatable bonds is 11. The molecule has 8 heteroatoms. The Morgan fingerprint density at radius 1 is 0.792 bits per heavy atom. The van der Waals surface area contributed by atoms with Gasteiger partial charge in [0.1, 0.15) is 11.8 Å². The molecule has 0 bridgehead atoms. The fourth-order valence-corrected chi connectivity index (χ4v) is 9.83. The lowest BCUT2D eigenvalue weighted by Gasteiger charge is -2.36. The Labute approximate surface area is 318 Å². The molecule has 53 heavy (non-hydrogen) atoms. The van der Waals surface area contributed by atoms with Gasteiger partial charge in [-0.05, 0) is 127 Å². The molecule has 4 aliphatic rings. The van der Waals surface area contributed by atoms with Gasteiger partial charge in [-0.15, -0.1) is 11.8 Å². The van der Waals surface area contributed by atoms with Crippen molar-refractivity contribution in [1.29, 1.82) is 0 Å². The van der Waals surface area contributed by atoms with Crippen molar-refractivity contribution in [2.24, 2.45) is 0 Å². The van der Waals surface area contributed by atoms with Gasteiger partial charge < -0.3 is 20.2 Å². The molecule has 8 rings (SSSR count). The predicted octanol–water partition coefficient (Wildman–Crippen LogP) is 8.09. The lowest BCUT2D eigenvalue weighted by Crippen LogP contribution is -2.49. The van der Waals surface area contributed by atoms with Gasteiger partial charge in [-0.2, -0.15) is 0 Å². The molecular formula is C45H50N4O3S. The molecule has 3 heterocycles. The van der Waals surface area contributed by atoms with E-state index >= 15 is 0 Å². The zero-order valence-corrected chi connectivity index (χ0v) is 31.3. The number of nitrogens with zero attached hydrogens (tertiary/aromatic N) is 3. The van der Waals surface area contributed by atoms with Crippen molar-refractivity contribution in [1.82, 2.24) is 15.1 Å². The van der Waals surface area contributed by atoms with Crippen LogP contribution in [0.4, 0.5) is 5.69 Å². The molecule has 3 atom stereocenters. The number of phenols is 1. The van der Waals surface area contributed by atoms with Crippen LogP contribution in [-0.4, -0.2) is 71.2 Å². The van der Waals surface area contributed by atoms with Crippen molar-refractivity contribution in [3.05, 3.63) is 137 Å². The maximum atomic E-state index is 13.1. The lowest BCUT2D eigenvalue weighted by atomic mass is 9.69. The van der Waals surface area contributed by atoms with Crippen molar-refractivity contribution in [3.63, 3.8) is 0 Å². The normalized spacial score (nSPS) is 21.7. The average molecular weight is 727 g/mol. The molecule has 0 spiro atoms. The van der Waals surface area contributed by atoms with Gasteiger partial charge in [0, 0.05) is 60.5 Å². The highest BCUT2D eigenvalue weighted by molar-refractivity contribution is 7.99. The van der Waals surface area contributed by atoms with Crippen molar-refractivity contribution in [2.75, 3.05) is 43.4 Å². The molecular weight excluding hydrogens is 677 g/mol. The summed E-state index contributed by atoms with van der Waals surface area (Å²) in [4.78, 5) is 33.8. The van der Waals surface area contributed by atoms with Crippen LogP contribution in [-0.2, 0) is 17.8 Å². The number of anilines is 1.